The van der Waals surface area contributed by atoms with Crippen LogP contribution in [0.1, 0.15) is 11.1 Å². The highest BCUT2D eigenvalue weighted by Gasteiger charge is 2.08. The Bertz CT molecular complexity index is 900. The van der Waals surface area contributed by atoms with E-state index in [1.807, 2.05) is 0 Å². The summed E-state index contributed by atoms with van der Waals surface area (Å²) in [4.78, 5) is 9.35. The molecule has 0 saturated heterocycles. The van der Waals surface area contributed by atoms with Crippen LogP contribution < -0.4 is 4.74 Å². The van der Waals surface area contributed by atoms with Gasteiger partial charge in [-0.2, -0.15) is 8.78 Å². The largest absolute Gasteiger partial charge is 0.434 e. The average molecular weight is 346 g/mol. The number of fused-ring (bicyclic) bond motifs is 1. The lowest BCUT2D eigenvalue weighted by atomic mass is 10.1. The molecule has 0 fully saturated rings. The highest BCUT2D eigenvalue weighted by atomic mass is 19.3. The SMILES string of the molecule is Fc1ccc(CO/N=C/c2ccccc2OC(F)F)c2ncccc12. The summed E-state index contributed by atoms with van der Waals surface area (Å²) in [5, 5.41) is 4.15. The molecule has 0 bridgehead atoms. The Balaban J connectivity index is 1.72. The lowest BCUT2D eigenvalue weighted by molar-refractivity contribution is -0.0499. The highest BCUT2D eigenvalue weighted by Crippen LogP contribution is 2.21. The lowest BCUT2D eigenvalue weighted by Crippen LogP contribution is -2.04. The van der Waals surface area contributed by atoms with Gasteiger partial charge in [0.15, 0.2) is 0 Å². The first kappa shape index (κ1) is 16.8. The summed E-state index contributed by atoms with van der Waals surface area (Å²) in [5.74, 6) is -0.368. The summed E-state index contributed by atoms with van der Waals surface area (Å²) in [6.45, 7) is -2.87. The molecule has 7 heteroatoms. The first-order valence-corrected chi connectivity index (χ1v) is 7.36. The van der Waals surface area contributed by atoms with Gasteiger partial charge < -0.3 is 9.57 Å². The number of ether oxygens (including phenoxy) is 1. The zero-order valence-corrected chi connectivity index (χ0v) is 12.9. The first-order chi connectivity index (χ1) is 12.1. The van der Waals surface area contributed by atoms with Crippen LogP contribution in [-0.4, -0.2) is 17.8 Å². The number of oxime groups is 1. The van der Waals surface area contributed by atoms with Crippen LogP contribution in [-0.2, 0) is 11.4 Å². The third-order valence-electron chi connectivity index (χ3n) is 3.42. The molecule has 0 aliphatic carbocycles. The van der Waals surface area contributed by atoms with E-state index in [0.29, 0.717) is 22.0 Å². The molecule has 2 aromatic carbocycles. The van der Waals surface area contributed by atoms with Crippen LogP contribution in [0.4, 0.5) is 13.2 Å². The van der Waals surface area contributed by atoms with Gasteiger partial charge in [-0.3, -0.25) is 4.98 Å². The third kappa shape index (κ3) is 4.06. The van der Waals surface area contributed by atoms with Crippen molar-refractivity contribution in [1.29, 1.82) is 0 Å². The second-order valence-electron chi connectivity index (χ2n) is 5.03. The molecule has 1 heterocycles. The van der Waals surface area contributed by atoms with Crippen LogP contribution in [0, 0.1) is 5.82 Å². The average Bonchev–Trinajstić information content (AvgIpc) is 2.61. The van der Waals surface area contributed by atoms with Gasteiger partial charge in [-0.05, 0) is 30.3 Å². The number of nitrogens with zero attached hydrogens (tertiary/aromatic N) is 2. The fourth-order valence-electron chi connectivity index (χ4n) is 2.30. The molecule has 128 valence electrons. The Hall–Kier alpha value is -3.09. The molecule has 1 aromatic heterocycles. The number of aromatic nitrogens is 1. The predicted octanol–water partition coefficient (Wildman–Crippen LogP) is 4.53. The van der Waals surface area contributed by atoms with Crippen LogP contribution in [0.15, 0.2) is 59.9 Å². The maximum absolute atomic E-state index is 13.7. The number of pyridine rings is 1. The summed E-state index contributed by atoms with van der Waals surface area (Å²) in [6.07, 6.45) is 2.84. The van der Waals surface area contributed by atoms with Crippen LogP contribution >= 0.6 is 0 Å². The number of halogens is 3. The summed E-state index contributed by atoms with van der Waals surface area (Å²) >= 11 is 0. The highest BCUT2D eigenvalue weighted by molar-refractivity contribution is 5.83. The minimum absolute atomic E-state index is 0.00116. The van der Waals surface area contributed by atoms with Gasteiger partial charge in [-0.15, -0.1) is 0 Å². The van der Waals surface area contributed by atoms with Crippen LogP contribution in [0.5, 0.6) is 5.75 Å². The van der Waals surface area contributed by atoms with Crippen molar-refractivity contribution in [2.75, 3.05) is 0 Å². The quantitative estimate of drug-likeness (QED) is 0.487. The van der Waals surface area contributed by atoms with E-state index in [9.17, 15) is 13.2 Å². The minimum Gasteiger partial charge on any atom is -0.434 e. The van der Waals surface area contributed by atoms with Crippen molar-refractivity contribution >= 4 is 17.1 Å². The molecule has 4 nitrogen and oxygen atoms in total. The molecule has 0 amide bonds. The standard InChI is InChI=1S/C18H13F3N2O2/c19-15-8-7-13(17-14(15)5-3-9-22-17)11-24-23-10-12-4-1-2-6-16(12)25-18(20)21/h1-10,18H,11H2/b23-10+. The molecule has 0 aliphatic rings. The molecule has 3 rings (SSSR count). The Morgan fingerprint density at radius 1 is 1.08 bits per heavy atom. The molecule has 25 heavy (non-hydrogen) atoms. The number of alkyl halides is 2. The summed E-state index contributed by atoms with van der Waals surface area (Å²) in [7, 11) is 0. The number of rotatable bonds is 6. The second-order valence-corrected chi connectivity index (χ2v) is 5.03. The number of benzene rings is 2. The first-order valence-electron chi connectivity index (χ1n) is 7.36. The number of hydrogen-bond donors (Lipinski definition) is 0. The van der Waals surface area contributed by atoms with Crippen molar-refractivity contribution in [2.45, 2.75) is 13.2 Å². The van der Waals surface area contributed by atoms with E-state index in [1.165, 1.54) is 18.3 Å². The van der Waals surface area contributed by atoms with Gasteiger partial charge in [-0.1, -0.05) is 23.4 Å². The van der Waals surface area contributed by atoms with Crippen LogP contribution in [0.3, 0.4) is 0 Å². The van der Waals surface area contributed by atoms with E-state index < -0.39 is 6.61 Å². The summed E-state index contributed by atoms with van der Waals surface area (Å²) in [5.41, 5.74) is 1.50. The van der Waals surface area contributed by atoms with Crippen molar-refractivity contribution in [2.24, 2.45) is 5.16 Å². The molecule has 0 N–H and O–H groups in total. The van der Waals surface area contributed by atoms with Crippen molar-refractivity contribution in [1.82, 2.24) is 4.98 Å². The van der Waals surface area contributed by atoms with Gasteiger partial charge in [0.2, 0.25) is 0 Å². The Labute approximate surface area is 141 Å². The topological polar surface area (TPSA) is 43.7 Å². The fourth-order valence-corrected chi connectivity index (χ4v) is 2.30. The summed E-state index contributed by atoms with van der Waals surface area (Å²) < 4.78 is 42.8. The second kappa shape index (κ2) is 7.65. The van der Waals surface area contributed by atoms with Crippen molar-refractivity contribution < 1.29 is 22.7 Å². The van der Waals surface area contributed by atoms with E-state index in [2.05, 4.69) is 14.9 Å². The van der Waals surface area contributed by atoms with E-state index in [0.717, 1.165) is 0 Å². The van der Waals surface area contributed by atoms with Crippen molar-refractivity contribution in [3.63, 3.8) is 0 Å². The Kier molecular flexibility index (Phi) is 5.13. The van der Waals surface area contributed by atoms with Crippen molar-refractivity contribution in [3.8, 4) is 5.75 Å². The van der Waals surface area contributed by atoms with Gasteiger partial charge in [-0.25, -0.2) is 4.39 Å². The maximum atomic E-state index is 13.7. The molecule has 3 aromatic rings. The van der Waals surface area contributed by atoms with E-state index in [4.69, 9.17) is 4.84 Å². The molecular weight excluding hydrogens is 333 g/mol. The molecule has 0 radical (unpaired) electrons. The number of hydrogen-bond acceptors (Lipinski definition) is 4. The van der Waals surface area contributed by atoms with E-state index in [1.54, 1.807) is 42.6 Å². The van der Waals surface area contributed by atoms with Gasteiger partial charge in [0.1, 0.15) is 18.2 Å². The molecule has 0 aliphatic heterocycles. The number of para-hydroxylation sites is 1. The maximum Gasteiger partial charge on any atom is 0.387 e. The lowest BCUT2D eigenvalue weighted by Gasteiger charge is -2.07. The fraction of sp³-hybridized carbons (Fsp3) is 0.111. The molecular formula is C18H13F3N2O2. The predicted molar refractivity (Wildman–Crippen MR) is 87.2 cm³/mol. The van der Waals surface area contributed by atoms with Gasteiger partial charge in [0, 0.05) is 22.7 Å². The van der Waals surface area contributed by atoms with Gasteiger partial charge in [0.05, 0.1) is 11.7 Å². The zero-order chi connectivity index (χ0) is 17.6. The molecule has 0 unspecified atom stereocenters. The third-order valence-corrected chi connectivity index (χ3v) is 3.42. The molecule has 0 saturated carbocycles. The minimum atomic E-state index is -2.92. The zero-order valence-electron chi connectivity index (χ0n) is 12.9. The van der Waals surface area contributed by atoms with Crippen LogP contribution in [0.25, 0.3) is 10.9 Å². The van der Waals surface area contributed by atoms with E-state index in [-0.39, 0.29) is 18.2 Å². The van der Waals surface area contributed by atoms with Crippen molar-refractivity contribution in [3.05, 3.63) is 71.7 Å². The summed E-state index contributed by atoms with van der Waals surface area (Å²) in [6, 6.07) is 12.4. The smallest absolute Gasteiger partial charge is 0.387 e. The van der Waals surface area contributed by atoms with E-state index >= 15 is 0 Å². The Morgan fingerprint density at radius 3 is 2.76 bits per heavy atom. The Morgan fingerprint density at radius 2 is 1.92 bits per heavy atom. The monoisotopic (exact) mass is 346 g/mol. The molecule has 0 atom stereocenters. The normalized spacial score (nSPS) is 11.4. The van der Waals surface area contributed by atoms with Gasteiger partial charge in [0.25, 0.3) is 0 Å². The molecule has 0 spiro atoms. The van der Waals surface area contributed by atoms with Crippen LogP contribution in [0.2, 0.25) is 0 Å². The van der Waals surface area contributed by atoms with Gasteiger partial charge >= 0.3 is 6.61 Å².